The van der Waals surface area contributed by atoms with Crippen molar-refractivity contribution in [2.24, 2.45) is 0 Å². The normalized spacial score (nSPS) is 21.8. The molecule has 5 aliphatic heterocycles. The van der Waals surface area contributed by atoms with E-state index in [0.29, 0.717) is 41.3 Å². The third-order valence-electron chi connectivity index (χ3n) is 12.1. The first-order valence-electron chi connectivity index (χ1n) is 19.4. The van der Waals surface area contributed by atoms with Gasteiger partial charge in [-0.15, -0.1) is 11.3 Å². The molecule has 4 atom stereocenters. The number of halogens is 1. The molecule has 0 aliphatic carbocycles. The number of imidazole rings is 1. The maximum Gasteiger partial charge on any atom is 0.255 e. The predicted molar refractivity (Wildman–Crippen MR) is 212 cm³/mol. The van der Waals surface area contributed by atoms with E-state index in [1.54, 1.807) is 24.0 Å². The zero-order valence-corrected chi connectivity index (χ0v) is 31.8. The Labute approximate surface area is 331 Å². The minimum atomic E-state index is -1.04. The lowest BCUT2D eigenvalue weighted by Crippen LogP contribution is -2.47. The van der Waals surface area contributed by atoms with Crippen LogP contribution in [0, 0.1) is 5.82 Å². The summed E-state index contributed by atoms with van der Waals surface area (Å²) in [4.78, 5) is 66.8. The monoisotopic (exact) mass is 785 g/mol. The summed E-state index contributed by atoms with van der Waals surface area (Å²) in [5, 5.41) is 10.7. The van der Waals surface area contributed by atoms with E-state index >= 15 is 4.39 Å². The number of piperazine rings is 1. The second kappa shape index (κ2) is 14.2. The van der Waals surface area contributed by atoms with Gasteiger partial charge in [0.1, 0.15) is 11.9 Å². The molecule has 3 saturated heterocycles. The zero-order chi connectivity index (χ0) is 38.8. The van der Waals surface area contributed by atoms with Gasteiger partial charge in [-0.3, -0.25) is 34.7 Å². The van der Waals surface area contributed by atoms with Crippen molar-refractivity contribution in [1.82, 2.24) is 29.7 Å². The van der Waals surface area contributed by atoms with E-state index in [-0.39, 0.29) is 29.5 Å². The number of hydrogen-bond donors (Lipinski definition) is 3. The van der Waals surface area contributed by atoms with Crippen LogP contribution < -0.4 is 20.9 Å². The Morgan fingerprint density at radius 1 is 0.982 bits per heavy atom. The molecule has 0 radical (unpaired) electrons. The fourth-order valence-corrected chi connectivity index (χ4v) is 9.78. The highest BCUT2D eigenvalue weighted by Crippen LogP contribution is 2.40. The highest BCUT2D eigenvalue weighted by atomic mass is 32.1. The minimum Gasteiger partial charge on any atom is -0.374 e. The Kier molecular flexibility index (Phi) is 8.85. The number of fused-ring (bicyclic) bond motifs is 4. The lowest BCUT2D eigenvalue weighted by atomic mass is 9.99. The van der Waals surface area contributed by atoms with Crippen LogP contribution in [0.15, 0.2) is 78.6 Å². The van der Waals surface area contributed by atoms with Crippen molar-refractivity contribution >= 4 is 51.5 Å². The number of likely N-dealkylation sites (tertiary alicyclic amines) is 1. The van der Waals surface area contributed by atoms with Crippen LogP contribution in [0.4, 0.5) is 20.9 Å². The van der Waals surface area contributed by atoms with Crippen molar-refractivity contribution in [1.29, 1.82) is 0 Å². The fourth-order valence-electron chi connectivity index (χ4n) is 9.24. The predicted octanol–water partition coefficient (Wildman–Crippen LogP) is 5.11. The molecular formula is C42H40FN9O4S. The van der Waals surface area contributed by atoms with Crippen LogP contribution in [0.25, 0.3) is 11.1 Å². The molecule has 13 nitrogen and oxygen atoms in total. The van der Waals surface area contributed by atoms with E-state index in [1.807, 2.05) is 28.8 Å². The quantitative estimate of drug-likeness (QED) is 0.165. The number of aromatic nitrogens is 3. The van der Waals surface area contributed by atoms with Gasteiger partial charge in [0.2, 0.25) is 11.8 Å². The van der Waals surface area contributed by atoms with Crippen LogP contribution in [0.3, 0.4) is 0 Å². The molecule has 0 saturated carbocycles. The van der Waals surface area contributed by atoms with Gasteiger partial charge in [-0.2, -0.15) is 0 Å². The molecule has 0 spiro atoms. The van der Waals surface area contributed by atoms with Crippen LogP contribution in [-0.2, 0) is 40.4 Å². The van der Waals surface area contributed by atoms with Crippen molar-refractivity contribution in [3.8, 4) is 11.1 Å². The Bertz CT molecular complexity index is 2400. The van der Waals surface area contributed by atoms with Crippen LogP contribution in [0.1, 0.15) is 64.6 Å². The van der Waals surface area contributed by atoms with Crippen LogP contribution in [-0.4, -0.2) is 79.2 Å². The summed E-state index contributed by atoms with van der Waals surface area (Å²) in [7, 11) is 0. The first-order chi connectivity index (χ1) is 27.8. The number of carbonyl (C=O) groups excluding carboxylic acids is 4. The summed E-state index contributed by atoms with van der Waals surface area (Å²) in [6.45, 7) is 3.46. The molecule has 15 heteroatoms. The van der Waals surface area contributed by atoms with Gasteiger partial charge in [-0.1, -0.05) is 24.3 Å². The topological polar surface area (TPSA) is 145 Å². The molecule has 5 aromatic rings. The fraction of sp³-hybridized carbons (Fsp3) is 0.333. The molecule has 5 aliphatic rings. The van der Waals surface area contributed by atoms with E-state index in [0.717, 1.165) is 68.1 Å². The molecule has 7 heterocycles. The number of nitrogens with one attached hydrogen (secondary N) is 3. The number of imide groups is 1. The number of hydrogen-bond acceptors (Lipinski definition) is 10. The molecule has 2 aromatic heterocycles. The van der Waals surface area contributed by atoms with Gasteiger partial charge in [0.05, 0.1) is 18.6 Å². The van der Waals surface area contributed by atoms with E-state index in [4.69, 9.17) is 0 Å². The van der Waals surface area contributed by atoms with Crippen molar-refractivity contribution in [3.63, 3.8) is 0 Å². The highest BCUT2D eigenvalue weighted by Gasteiger charge is 2.44. The average molecular weight is 786 g/mol. The maximum atomic E-state index is 15.9. The van der Waals surface area contributed by atoms with Crippen molar-refractivity contribution in [2.75, 3.05) is 28.6 Å². The zero-order valence-electron chi connectivity index (χ0n) is 31.0. The number of benzene rings is 3. The van der Waals surface area contributed by atoms with Gasteiger partial charge < -0.3 is 19.7 Å². The second-order valence-electron chi connectivity index (χ2n) is 15.5. The summed E-state index contributed by atoms with van der Waals surface area (Å²) in [6.07, 6.45) is 6.90. The summed E-state index contributed by atoms with van der Waals surface area (Å²) in [5.74, 6) is -1.81. The van der Waals surface area contributed by atoms with E-state index < -0.39 is 29.7 Å². The number of amides is 4. The summed E-state index contributed by atoms with van der Waals surface area (Å²) in [5.41, 5.74) is 6.56. The summed E-state index contributed by atoms with van der Waals surface area (Å²) >= 11 is 1.29. The number of carbonyl (C=O) groups is 4. The van der Waals surface area contributed by atoms with Gasteiger partial charge >= 0.3 is 0 Å². The molecule has 3 N–H and O–H groups in total. The van der Waals surface area contributed by atoms with Gasteiger partial charge in [0, 0.05) is 84.5 Å². The summed E-state index contributed by atoms with van der Waals surface area (Å²) < 4.78 is 17.9. The minimum absolute atomic E-state index is 0.0386. The smallest absolute Gasteiger partial charge is 0.255 e. The SMILES string of the molecule is O=C1CCC(Nc2ccc(CN3C[C@@H]4C[C@H]3CN4c3ccc(-c4cc(F)c5c(c4)C(=O)N(C(C(=O)Nc4nccs4)c4ncn6c4CCC6)C5)cc3)cc2)C(=O)N1. The number of piperidine rings is 1. The molecule has 290 valence electrons. The van der Waals surface area contributed by atoms with Crippen LogP contribution in [0.2, 0.25) is 0 Å². The van der Waals surface area contributed by atoms with Crippen molar-refractivity contribution in [2.45, 2.75) is 75.9 Å². The first kappa shape index (κ1) is 35.5. The molecule has 4 amide bonds. The Morgan fingerprint density at radius 3 is 2.58 bits per heavy atom. The Hall–Kier alpha value is -5.93. The van der Waals surface area contributed by atoms with Crippen molar-refractivity contribution in [3.05, 3.63) is 112 Å². The number of nitrogens with zero attached hydrogens (tertiary/aromatic N) is 6. The molecule has 3 aromatic carbocycles. The number of anilines is 3. The van der Waals surface area contributed by atoms with Crippen LogP contribution >= 0.6 is 11.3 Å². The highest BCUT2D eigenvalue weighted by molar-refractivity contribution is 7.13. The Morgan fingerprint density at radius 2 is 1.82 bits per heavy atom. The summed E-state index contributed by atoms with van der Waals surface area (Å²) in [6, 6.07) is 18.9. The third-order valence-corrected chi connectivity index (χ3v) is 12.8. The van der Waals surface area contributed by atoms with Gasteiger partial charge in [0.15, 0.2) is 11.2 Å². The van der Waals surface area contributed by atoms with Gasteiger partial charge in [0.25, 0.3) is 11.8 Å². The molecule has 2 bridgehead atoms. The molecule has 57 heavy (non-hydrogen) atoms. The van der Waals surface area contributed by atoms with E-state index in [1.165, 1.54) is 27.9 Å². The largest absolute Gasteiger partial charge is 0.374 e. The van der Waals surface area contributed by atoms with Crippen molar-refractivity contribution < 1.29 is 23.6 Å². The van der Waals surface area contributed by atoms with Gasteiger partial charge in [-0.25, -0.2) is 14.4 Å². The number of rotatable bonds is 10. The molecular weight excluding hydrogens is 746 g/mol. The Balaban J connectivity index is 0.804. The van der Waals surface area contributed by atoms with E-state index in [2.05, 4.69) is 60.0 Å². The lowest BCUT2D eigenvalue weighted by molar-refractivity contribution is -0.133. The second-order valence-corrected chi connectivity index (χ2v) is 16.4. The average Bonchev–Trinajstić information content (AvgIpc) is 4.07. The molecule has 10 rings (SSSR count). The van der Waals surface area contributed by atoms with Gasteiger partial charge in [-0.05, 0) is 78.8 Å². The first-order valence-corrected chi connectivity index (χ1v) is 20.3. The molecule has 3 fully saturated rings. The number of aryl methyl sites for hydroxylation is 1. The van der Waals surface area contributed by atoms with E-state index in [9.17, 15) is 19.2 Å². The lowest BCUT2D eigenvalue weighted by Gasteiger charge is -2.35. The number of thiazole rings is 1. The standard InChI is InChI=1S/C42H40FN9O4S/c43-33-17-26(16-31-32(33)22-52(41(31)56)38(40(55)48-42-44-13-15-57-42)37-35-2-1-14-49(35)23-45-37)25-5-9-28(10-6-25)51-21-29-18-30(51)20-50(29)19-24-3-7-27(8-4-24)46-34-11-12-36(53)47-39(34)54/h3-10,13,15-17,23,29-30,34,38,46H,1-2,11-12,14,18-22H2,(H,44,48,55)(H,47,53,54)/t29-,30-,34?,38?/m0/s1. The molecule has 2 unspecified atom stereocenters. The third kappa shape index (κ3) is 6.53. The van der Waals surface area contributed by atoms with Crippen LogP contribution in [0.5, 0.6) is 0 Å². The maximum absolute atomic E-state index is 15.9.